The molecule has 1 N–H and O–H groups in total. The minimum absolute atomic E-state index is 0.0120. The zero-order chi connectivity index (χ0) is 32.2. The Bertz CT molecular complexity index is 1630. The maximum atomic E-state index is 14.3. The van der Waals surface area contributed by atoms with Crippen LogP contribution in [-0.2, 0) is 24.1 Å². The second-order valence-corrected chi connectivity index (χ2v) is 19.2. The first-order valence-electron chi connectivity index (χ1n) is 14.7. The Morgan fingerprint density at radius 1 is 0.867 bits per heavy atom. The summed E-state index contributed by atoms with van der Waals surface area (Å²) >= 11 is -2.06. The normalized spacial score (nSPS) is 27.2. The second-order valence-electron chi connectivity index (χ2n) is 12.4. The van der Waals surface area contributed by atoms with E-state index in [-0.39, 0.29) is 42.9 Å². The van der Waals surface area contributed by atoms with Crippen LogP contribution < -0.4 is 0 Å². The van der Waals surface area contributed by atoms with E-state index in [1.165, 1.54) is 18.3 Å². The molecule has 12 heteroatoms. The molecular formula is C33H32F5IO5S. The Kier molecular flexibility index (Phi) is 8.56. The van der Waals surface area contributed by atoms with Crippen molar-refractivity contribution in [3.8, 4) is 0 Å². The number of esters is 1. The third-order valence-electron chi connectivity index (χ3n) is 9.51. The van der Waals surface area contributed by atoms with Gasteiger partial charge in [0.25, 0.3) is 0 Å². The van der Waals surface area contributed by atoms with Crippen molar-refractivity contribution in [3.63, 3.8) is 0 Å². The molecule has 0 radical (unpaired) electrons. The van der Waals surface area contributed by atoms with Crippen LogP contribution in [0, 0.1) is 30.3 Å². The van der Waals surface area contributed by atoms with Crippen molar-refractivity contribution in [1.82, 2.24) is 0 Å². The summed E-state index contributed by atoms with van der Waals surface area (Å²) in [5, 5.41) is -5.75. The van der Waals surface area contributed by atoms with Crippen LogP contribution in [0.5, 0.6) is 0 Å². The Hall–Kier alpha value is -2.58. The van der Waals surface area contributed by atoms with Crippen LogP contribution in [0.25, 0.3) is 0 Å². The zero-order valence-corrected chi connectivity index (χ0v) is 26.9. The number of carbonyl (C=O) groups excluding carboxylic acids is 1. The summed E-state index contributed by atoms with van der Waals surface area (Å²) in [6, 6.07) is 28.9. The number of rotatable bonds is 9. The average Bonchev–Trinajstić information content (AvgIpc) is 2.98. The van der Waals surface area contributed by atoms with Crippen molar-refractivity contribution in [2.45, 2.75) is 60.0 Å². The summed E-state index contributed by atoms with van der Waals surface area (Å²) in [5.74, 6) is -1.59. The quantitative estimate of drug-likeness (QED) is 0.0781. The van der Waals surface area contributed by atoms with E-state index in [2.05, 4.69) is 41.1 Å². The van der Waals surface area contributed by atoms with Crippen LogP contribution in [0.3, 0.4) is 0 Å². The second kappa shape index (κ2) is 11.9. The molecule has 5 nitrogen and oxygen atoms in total. The molecule has 0 aliphatic heterocycles. The molecule has 0 aromatic heterocycles. The van der Waals surface area contributed by atoms with E-state index in [1.807, 2.05) is 48.5 Å². The first-order chi connectivity index (χ1) is 21.2. The number of benzene rings is 3. The standard InChI is InChI=1S/C33H32F5IO5S/c34-32(35,36)29(33(37,38)45(41,42)43)44-30(40)31-17-22-15-23(18-31)28(24(16-22)19-31)26-13-7-8-14-27(26)39(25-11-5-2-6-12-25)20-21-9-3-1-4-10-21/h1-14,22-24,28-29H,15-20H2,(H,41,42,43). The van der Waals surface area contributed by atoms with Gasteiger partial charge in [-0.15, -0.1) is 0 Å². The Morgan fingerprint density at radius 2 is 1.42 bits per heavy atom. The number of alkyl halides is 6. The summed E-state index contributed by atoms with van der Waals surface area (Å²) < 4.78 is 109. The van der Waals surface area contributed by atoms with Crippen molar-refractivity contribution in [3.05, 3.63) is 103 Å². The van der Waals surface area contributed by atoms with E-state index in [1.54, 1.807) is 0 Å². The average molecular weight is 763 g/mol. The number of hydrogen-bond acceptors (Lipinski definition) is 4. The van der Waals surface area contributed by atoms with Crippen molar-refractivity contribution in [2.24, 2.45) is 23.2 Å². The predicted octanol–water partition coefficient (Wildman–Crippen LogP) is 8.30. The first kappa shape index (κ1) is 32.4. The molecule has 3 aromatic carbocycles. The SMILES string of the molecule is O=C(OC(C(F)(F)F)C(F)(F)S(=O)(=O)O)C12CC3CC(C1)C(c1ccccc1I(Cc1ccccc1)c1ccccc1)C(C3)C2. The molecule has 4 saturated carbocycles. The van der Waals surface area contributed by atoms with Gasteiger partial charge in [-0.3, -0.25) is 0 Å². The van der Waals surface area contributed by atoms with Crippen LogP contribution >= 0.6 is 19.8 Å². The van der Waals surface area contributed by atoms with E-state index in [0.717, 1.165) is 17.3 Å². The number of halogens is 6. The van der Waals surface area contributed by atoms with Gasteiger partial charge < -0.3 is 0 Å². The Balaban J connectivity index is 1.32. The van der Waals surface area contributed by atoms with E-state index in [4.69, 9.17) is 4.55 Å². The van der Waals surface area contributed by atoms with Gasteiger partial charge in [-0.05, 0) is 0 Å². The minimum atomic E-state index is -6.52. The van der Waals surface area contributed by atoms with Crippen molar-refractivity contribution >= 4 is 35.9 Å². The summed E-state index contributed by atoms with van der Waals surface area (Å²) in [4.78, 5) is 13.4. The van der Waals surface area contributed by atoms with E-state index in [9.17, 15) is 35.2 Å². The van der Waals surface area contributed by atoms with Gasteiger partial charge in [-0.25, -0.2) is 0 Å². The van der Waals surface area contributed by atoms with Crippen molar-refractivity contribution in [1.29, 1.82) is 0 Å². The van der Waals surface area contributed by atoms with Gasteiger partial charge in [-0.1, -0.05) is 0 Å². The summed E-state index contributed by atoms with van der Waals surface area (Å²) in [5.41, 5.74) is 0.989. The molecule has 0 spiro atoms. The maximum absolute atomic E-state index is 14.3. The van der Waals surface area contributed by atoms with Gasteiger partial charge in [0.05, 0.1) is 0 Å². The van der Waals surface area contributed by atoms with Crippen LogP contribution in [0.15, 0.2) is 84.9 Å². The van der Waals surface area contributed by atoms with Gasteiger partial charge in [0.1, 0.15) is 0 Å². The molecule has 0 amide bonds. The van der Waals surface area contributed by atoms with E-state index in [0.29, 0.717) is 0 Å². The van der Waals surface area contributed by atoms with Gasteiger partial charge in [0.2, 0.25) is 0 Å². The Labute approximate surface area is 265 Å². The summed E-state index contributed by atoms with van der Waals surface area (Å²) in [7, 11) is -6.52. The van der Waals surface area contributed by atoms with Crippen LogP contribution in [-0.4, -0.2) is 36.5 Å². The fraction of sp³-hybridized carbons (Fsp3) is 0.424. The molecule has 7 rings (SSSR count). The molecule has 0 heterocycles. The Morgan fingerprint density at radius 3 is 2.00 bits per heavy atom. The van der Waals surface area contributed by atoms with E-state index < -0.39 is 58.9 Å². The number of ether oxygens (including phenoxy) is 1. The van der Waals surface area contributed by atoms with E-state index >= 15 is 0 Å². The van der Waals surface area contributed by atoms with Gasteiger partial charge in [0, 0.05) is 0 Å². The molecule has 4 aliphatic rings. The van der Waals surface area contributed by atoms with Crippen LogP contribution in [0.2, 0.25) is 0 Å². The first-order valence-corrected chi connectivity index (χ1v) is 19.8. The molecular weight excluding hydrogens is 730 g/mol. The van der Waals surface area contributed by atoms with Gasteiger partial charge >= 0.3 is 267 Å². The third kappa shape index (κ3) is 6.14. The van der Waals surface area contributed by atoms with Gasteiger partial charge in [-0.2, -0.15) is 0 Å². The van der Waals surface area contributed by atoms with Gasteiger partial charge in [0.15, 0.2) is 0 Å². The third-order valence-corrected chi connectivity index (χ3v) is 16.7. The molecule has 242 valence electrons. The summed E-state index contributed by atoms with van der Waals surface area (Å²) in [6.07, 6.45) is -8.19. The number of carbonyl (C=O) groups is 1. The molecule has 4 fully saturated rings. The molecule has 3 atom stereocenters. The topological polar surface area (TPSA) is 80.7 Å². The molecule has 0 saturated heterocycles. The summed E-state index contributed by atoms with van der Waals surface area (Å²) in [6.45, 7) is 0. The predicted molar refractivity (Wildman–Crippen MR) is 166 cm³/mol. The molecule has 3 unspecified atom stereocenters. The molecule has 45 heavy (non-hydrogen) atoms. The monoisotopic (exact) mass is 762 g/mol. The zero-order valence-electron chi connectivity index (χ0n) is 24.0. The fourth-order valence-electron chi connectivity index (χ4n) is 7.98. The van der Waals surface area contributed by atoms with Crippen LogP contribution in [0.4, 0.5) is 22.0 Å². The number of hydrogen-bond donors (Lipinski definition) is 1. The van der Waals surface area contributed by atoms with Crippen molar-refractivity contribution < 1.29 is 44.5 Å². The fourth-order valence-corrected chi connectivity index (χ4v) is 14.6. The molecule has 4 bridgehead atoms. The van der Waals surface area contributed by atoms with Crippen LogP contribution in [0.1, 0.15) is 49.1 Å². The molecule has 3 aromatic rings. The molecule has 4 aliphatic carbocycles. The van der Waals surface area contributed by atoms with Crippen molar-refractivity contribution in [2.75, 3.05) is 0 Å².